The number of amides is 1. The summed E-state index contributed by atoms with van der Waals surface area (Å²) in [5, 5.41) is 22.1. The highest BCUT2D eigenvalue weighted by molar-refractivity contribution is 5.90. The van der Waals surface area contributed by atoms with Crippen LogP contribution in [0.15, 0.2) is 30.6 Å². The van der Waals surface area contributed by atoms with Gasteiger partial charge in [-0.05, 0) is 31.5 Å². The molecular weight excluding hydrogens is 381 g/mol. The maximum Gasteiger partial charge on any atom is 0.312 e. The quantitative estimate of drug-likeness (QED) is 0.479. The van der Waals surface area contributed by atoms with Crippen LogP contribution in [0.2, 0.25) is 0 Å². The molecule has 2 aromatic heterocycles. The molecule has 0 aliphatic carbocycles. The van der Waals surface area contributed by atoms with Crippen molar-refractivity contribution in [3.63, 3.8) is 0 Å². The number of carbonyl (C=O) groups is 1. The van der Waals surface area contributed by atoms with Crippen LogP contribution >= 0.6 is 0 Å². The van der Waals surface area contributed by atoms with E-state index in [1.807, 2.05) is 0 Å². The first-order valence-corrected chi connectivity index (χ1v) is 8.87. The zero-order valence-corrected chi connectivity index (χ0v) is 16.2. The highest BCUT2D eigenvalue weighted by Crippen LogP contribution is 2.22. The first-order valence-electron chi connectivity index (χ1n) is 8.87. The van der Waals surface area contributed by atoms with Gasteiger partial charge in [0.15, 0.2) is 0 Å². The van der Waals surface area contributed by atoms with Gasteiger partial charge in [0.1, 0.15) is 23.5 Å². The summed E-state index contributed by atoms with van der Waals surface area (Å²) in [5.41, 5.74) is 1.50. The molecule has 0 fully saturated rings. The largest absolute Gasteiger partial charge is 0.312 e. The fraction of sp³-hybridized carbons (Fsp3) is 0.333. The van der Waals surface area contributed by atoms with Gasteiger partial charge in [-0.1, -0.05) is 19.1 Å². The van der Waals surface area contributed by atoms with Crippen LogP contribution in [0.3, 0.4) is 0 Å². The van der Waals surface area contributed by atoms with Crippen molar-refractivity contribution in [2.45, 2.75) is 33.9 Å². The number of benzene rings is 1. The van der Waals surface area contributed by atoms with Crippen LogP contribution in [-0.2, 0) is 17.9 Å². The second kappa shape index (κ2) is 8.17. The zero-order valence-electron chi connectivity index (χ0n) is 16.2. The summed E-state index contributed by atoms with van der Waals surface area (Å²) in [5.74, 6) is -1.03. The first kappa shape index (κ1) is 20.1. The maximum absolute atomic E-state index is 13.0. The number of hydrogen-bond donors (Lipinski definition) is 1. The second-order valence-electron chi connectivity index (χ2n) is 6.74. The molecule has 0 saturated carbocycles. The second-order valence-corrected chi connectivity index (χ2v) is 6.74. The van der Waals surface area contributed by atoms with Gasteiger partial charge in [-0.25, -0.2) is 14.1 Å². The van der Waals surface area contributed by atoms with Crippen molar-refractivity contribution in [2.75, 3.05) is 5.32 Å². The fourth-order valence-corrected chi connectivity index (χ4v) is 2.91. The normalized spacial score (nSPS) is 12.0. The minimum absolute atomic E-state index is 0.0428. The number of carbonyl (C=O) groups excluding carboxylic acids is 1. The lowest BCUT2D eigenvalue weighted by molar-refractivity contribution is -0.386. The van der Waals surface area contributed by atoms with Crippen molar-refractivity contribution in [1.29, 1.82) is 0 Å². The number of nitrogens with one attached hydrogen (secondary N) is 1. The Balaban J connectivity index is 1.62. The van der Waals surface area contributed by atoms with Gasteiger partial charge in [0.2, 0.25) is 11.9 Å². The molecule has 152 valence electrons. The van der Waals surface area contributed by atoms with Crippen molar-refractivity contribution in [1.82, 2.24) is 24.5 Å². The molecule has 0 bridgehead atoms. The highest BCUT2D eigenvalue weighted by atomic mass is 19.1. The summed E-state index contributed by atoms with van der Waals surface area (Å²) in [6.45, 7) is 5.41. The molecule has 1 aromatic carbocycles. The van der Waals surface area contributed by atoms with Gasteiger partial charge >= 0.3 is 5.69 Å². The molecule has 0 radical (unpaired) electrons. The molecule has 3 aromatic rings. The van der Waals surface area contributed by atoms with Crippen LogP contribution in [-0.4, -0.2) is 35.4 Å². The Labute approximate surface area is 165 Å². The van der Waals surface area contributed by atoms with Gasteiger partial charge in [0, 0.05) is 0 Å². The van der Waals surface area contributed by atoms with Crippen molar-refractivity contribution in [3.05, 3.63) is 63.5 Å². The third-order valence-corrected chi connectivity index (χ3v) is 4.45. The van der Waals surface area contributed by atoms with E-state index in [1.54, 1.807) is 32.9 Å². The molecule has 1 unspecified atom stereocenters. The minimum Gasteiger partial charge on any atom is -0.293 e. The number of nitro groups is 1. The van der Waals surface area contributed by atoms with Gasteiger partial charge in [0.25, 0.3) is 0 Å². The zero-order chi connectivity index (χ0) is 21.1. The van der Waals surface area contributed by atoms with Crippen molar-refractivity contribution in [3.8, 4) is 0 Å². The molecule has 3 rings (SSSR count). The molecule has 0 spiro atoms. The maximum atomic E-state index is 13.0. The molecule has 29 heavy (non-hydrogen) atoms. The smallest absolute Gasteiger partial charge is 0.293 e. The van der Waals surface area contributed by atoms with Gasteiger partial charge < -0.3 is 0 Å². The van der Waals surface area contributed by atoms with E-state index in [0.717, 1.165) is 5.56 Å². The number of aryl methyl sites for hydroxylation is 1. The number of hydrogen-bond acceptors (Lipinski definition) is 6. The van der Waals surface area contributed by atoms with E-state index in [4.69, 9.17) is 0 Å². The van der Waals surface area contributed by atoms with Crippen LogP contribution in [0.5, 0.6) is 0 Å². The first-order chi connectivity index (χ1) is 13.7. The third kappa shape index (κ3) is 4.62. The van der Waals surface area contributed by atoms with Crippen LogP contribution < -0.4 is 5.32 Å². The summed E-state index contributed by atoms with van der Waals surface area (Å²) >= 11 is 0. The van der Waals surface area contributed by atoms with E-state index in [0.29, 0.717) is 17.9 Å². The Morgan fingerprint density at radius 1 is 1.28 bits per heavy atom. The standard InChI is InChI=1S/C18H20FN7O3/c1-11(8-25-13(3)16(26(28)29)12(2)22-25)17(27)21-18-20-10-24(23-18)9-14-4-6-15(19)7-5-14/h4-7,10-11H,8-9H2,1-3H3,(H,21,23,27). The van der Waals surface area contributed by atoms with Crippen molar-refractivity contribution < 1.29 is 14.1 Å². The number of rotatable bonds is 7. The van der Waals surface area contributed by atoms with E-state index in [9.17, 15) is 19.3 Å². The monoisotopic (exact) mass is 401 g/mol. The van der Waals surface area contributed by atoms with Crippen LogP contribution in [0.25, 0.3) is 0 Å². The van der Waals surface area contributed by atoms with E-state index < -0.39 is 10.8 Å². The molecule has 1 amide bonds. The van der Waals surface area contributed by atoms with E-state index in [-0.39, 0.29) is 29.9 Å². The lowest BCUT2D eigenvalue weighted by Crippen LogP contribution is -2.26. The van der Waals surface area contributed by atoms with Gasteiger partial charge in [-0.15, -0.1) is 5.10 Å². The Hall–Kier alpha value is -3.63. The number of aromatic nitrogens is 5. The van der Waals surface area contributed by atoms with Crippen LogP contribution in [0.4, 0.5) is 16.0 Å². The molecule has 10 nitrogen and oxygen atoms in total. The summed E-state index contributed by atoms with van der Waals surface area (Å²) in [6.07, 6.45) is 1.47. The highest BCUT2D eigenvalue weighted by Gasteiger charge is 2.24. The van der Waals surface area contributed by atoms with E-state index in [2.05, 4.69) is 20.5 Å². The summed E-state index contributed by atoms with van der Waals surface area (Å²) in [4.78, 5) is 27.1. The molecule has 11 heteroatoms. The average Bonchev–Trinajstić information content (AvgIpc) is 3.20. The Kier molecular flexibility index (Phi) is 5.66. The average molecular weight is 401 g/mol. The van der Waals surface area contributed by atoms with Crippen LogP contribution in [0.1, 0.15) is 23.9 Å². The van der Waals surface area contributed by atoms with Crippen molar-refractivity contribution >= 4 is 17.5 Å². The summed E-state index contributed by atoms with van der Waals surface area (Å²) in [6, 6.07) is 6.01. The van der Waals surface area contributed by atoms with Gasteiger partial charge in [-0.3, -0.25) is 24.9 Å². The van der Waals surface area contributed by atoms with E-state index in [1.165, 1.54) is 27.8 Å². The minimum atomic E-state index is -0.517. The van der Waals surface area contributed by atoms with Gasteiger partial charge in [-0.2, -0.15) is 5.10 Å². The number of anilines is 1. The topological polar surface area (TPSA) is 121 Å². The molecule has 0 saturated heterocycles. The molecule has 1 N–H and O–H groups in total. The van der Waals surface area contributed by atoms with E-state index >= 15 is 0 Å². The van der Waals surface area contributed by atoms with Gasteiger partial charge in [0.05, 0.1) is 23.9 Å². The third-order valence-electron chi connectivity index (χ3n) is 4.45. The summed E-state index contributed by atoms with van der Waals surface area (Å²) in [7, 11) is 0. The lowest BCUT2D eigenvalue weighted by atomic mass is 10.1. The number of nitrogens with zero attached hydrogens (tertiary/aromatic N) is 6. The van der Waals surface area contributed by atoms with Crippen LogP contribution in [0, 0.1) is 35.7 Å². The Bertz CT molecular complexity index is 1040. The Morgan fingerprint density at radius 3 is 2.59 bits per heavy atom. The SMILES string of the molecule is Cc1nn(CC(C)C(=O)Nc2ncn(Cc3ccc(F)cc3)n2)c(C)c1[N+](=O)[O-]. The summed E-state index contributed by atoms with van der Waals surface area (Å²) < 4.78 is 16.0. The predicted molar refractivity (Wildman–Crippen MR) is 102 cm³/mol. The molecular formula is C18H20FN7O3. The molecule has 0 aliphatic heterocycles. The molecule has 2 heterocycles. The Morgan fingerprint density at radius 2 is 1.97 bits per heavy atom. The lowest BCUT2D eigenvalue weighted by Gasteiger charge is -2.11. The fourth-order valence-electron chi connectivity index (χ4n) is 2.91. The molecule has 0 aliphatic rings. The number of halogens is 1. The predicted octanol–water partition coefficient (Wildman–Crippen LogP) is 2.46. The molecule has 1 atom stereocenters. The van der Waals surface area contributed by atoms with Crippen molar-refractivity contribution in [2.24, 2.45) is 5.92 Å².